The summed E-state index contributed by atoms with van der Waals surface area (Å²) in [4.78, 5) is 25.1. The number of carbonyl (C=O) groups is 2. The van der Waals surface area contributed by atoms with Crippen molar-refractivity contribution >= 4 is 40.9 Å². The lowest BCUT2D eigenvalue weighted by molar-refractivity contribution is -0.113. The van der Waals surface area contributed by atoms with Gasteiger partial charge in [-0.15, -0.1) is 10.2 Å². The van der Waals surface area contributed by atoms with E-state index in [0.717, 1.165) is 0 Å². The van der Waals surface area contributed by atoms with E-state index in [1.165, 1.54) is 36.0 Å². The second-order valence-electron chi connectivity index (χ2n) is 7.60. The molecule has 174 valence electrons. The molecule has 0 aliphatic heterocycles. The molecule has 0 aliphatic carbocycles. The highest BCUT2D eigenvalue weighted by molar-refractivity contribution is 7.99. The molecule has 3 rings (SSSR count). The fourth-order valence-electron chi connectivity index (χ4n) is 3.19. The highest BCUT2D eigenvalue weighted by Crippen LogP contribution is 2.26. The molecule has 3 aromatic rings. The van der Waals surface area contributed by atoms with Gasteiger partial charge in [-0.05, 0) is 49.2 Å². The number of nitrogens with zero attached hydrogens (tertiary/aromatic N) is 3. The molecule has 1 atom stereocenters. The molecule has 2 amide bonds. The molecule has 2 aromatic carbocycles. The summed E-state index contributed by atoms with van der Waals surface area (Å²) >= 11 is 7.41. The smallest absolute Gasteiger partial charge is 0.253 e. The van der Waals surface area contributed by atoms with Crippen LogP contribution in [0.25, 0.3) is 0 Å². The topological polar surface area (TPSA) is 88.9 Å². The first-order chi connectivity index (χ1) is 15.8. The summed E-state index contributed by atoms with van der Waals surface area (Å²) in [6, 6.07) is 12.0. The number of carbonyl (C=O) groups excluding carboxylic acids is 2. The molecule has 2 N–H and O–H groups in total. The van der Waals surface area contributed by atoms with Crippen molar-refractivity contribution in [2.24, 2.45) is 5.92 Å². The molecule has 0 unspecified atom stereocenters. The molecule has 0 bridgehead atoms. The zero-order valence-electron chi connectivity index (χ0n) is 18.5. The number of rotatable bonds is 9. The van der Waals surface area contributed by atoms with E-state index in [0.29, 0.717) is 33.8 Å². The number of hydrogen-bond donors (Lipinski definition) is 2. The molecule has 1 aromatic heterocycles. The monoisotopic (exact) mass is 489 g/mol. The van der Waals surface area contributed by atoms with Crippen molar-refractivity contribution in [2.75, 3.05) is 11.1 Å². The van der Waals surface area contributed by atoms with Crippen LogP contribution in [0.1, 0.15) is 43.0 Å². The van der Waals surface area contributed by atoms with E-state index in [1.54, 1.807) is 24.3 Å². The number of amides is 2. The summed E-state index contributed by atoms with van der Waals surface area (Å²) in [5, 5.41) is 15.2. The predicted molar refractivity (Wildman–Crippen MR) is 128 cm³/mol. The Bertz CT molecular complexity index is 1120. The summed E-state index contributed by atoms with van der Waals surface area (Å²) in [5.74, 6) is -0.162. The molecule has 1 heterocycles. The van der Waals surface area contributed by atoms with Gasteiger partial charge in [0.05, 0.1) is 22.4 Å². The molecule has 0 saturated heterocycles. The van der Waals surface area contributed by atoms with Gasteiger partial charge in [-0.2, -0.15) is 0 Å². The van der Waals surface area contributed by atoms with Crippen molar-refractivity contribution in [3.05, 3.63) is 70.8 Å². The van der Waals surface area contributed by atoms with Crippen LogP contribution in [0.15, 0.2) is 53.7 Å². The molecule has 7 nitrogen and oxygen atoms in total. The minimum absolute atomic E-state index is 0.0329. The van der Waals surface area contributed by atoms with Crippen LogP contribution in [0.5, 0.6) is 0 Å². The Morgan fingerprint density at radius 2 is 1.82 bits per heavy atom. The fraction of sp³-hybridized carbons (Fsp3) is 0.304. The maximum atomic E-state index is 13.0. The van der Waals surface area contributed by atoms with Gasteiger partial charge in [0.15, 0.2) is 11.0 Å². The Balaban J connectivity index is 1.71. The second kappa shape index (κ2) is 11.3. The van der Waals surface area contributed by atoms with Crippen LogP contribution in [-0.4, -0.2) is 32.3 Å². The number of nitrogens with one attached hydrogen (secondary N) is 2. The van der Waals surface area contributed by atoms with Crippen LogP contribution in [-0.2, 0) is 11.3 Å². The fourth-order valence-corrected chi connectivity index (χ4v) is 4.22. The lowest BCUT2D eigenvalue weighted by Crippen LogP contribution is -2.34. The lowest BCUT2D eigenvalue weighted by atomic mass is 10.0. The van der Waals surface area contributed by atoms with Crippen molar-refractivity contribution in [1.29, 1.82) is 0 Å². The van der Waals surface area contributed by atoms with Gasteiger partial charge in [0, 0.05) is 12.2 Å². The molecule has 0 saturated carbocycles. The quantitative estimate of drug-likeness (QED) is 0.415. The first-order valence-electron chi connectivity index (χ1n) is 10.5. The first-order valence-corrected chi connectivity index (χ1v) is 11.8. The average Bonchev–Trinajstić information content (AvgIpc) is 3.20. The molecular formula is C23H25ClFN5O2S. The standard InChI is InChI=1S/C23H25ClFN5O2S/c1-4-30-21(20(14(2)3)27-22(32)17-7-5-6-8-18(17)24)28-29-23(30)33-13-19(31)26-16-11-9-15(25)10-12-16/h5-12,14,20H,4,13H2,1-3H3,(H,26,31)(H,27,32)/t20-/m1/s1. The van der Waals surface area contributed by atoms with Gasteiger partial charge in [-0.25, -0.2) is 4.39 Å². The van der Waals surface area contributed by atoms with Crippen molar-refractivity contribution < 1.29 is 14.0 Å². The van der Waals surface area contributed by atoms with Crippen molar-refractivity contribution in [3.8, 4) is 0 Å². The summed E-state index contributed by atoms with van der Waals surface area (Å²) in [6.45, 7) is 6.47. The number of thioether (sulfide) groups is 1. The number of anilines is 1. The summed E-state index contributed by atoms with van der Waals surface area (Å²) in [7, 11) is 0. The largest absolute Gasteiger partial charge is 0.342 e. The summed E-state index contributed by atoms with van der Waals surface area (Å²) in [6.07, 6.45) is 0. The third-order valence-corrected chi connectivity index (χ3v) is 6.17. The van der Waals surface area contributed by atoms with Gasteiger partial charge >= 0.3 is 0 Å². The Hall–Kier alpha value is -2.91. The number of halogens is 2. The van der Waals surface area contributed by atoms with E-state index in [2.05, 4.69) is 20.8 Å². The van der Waals surface area contributed by atoms with E-state index >= 15 is 0 Å². The third-order valence-electron chi connectivity index (χ3n) is 4.87. The van der Waals surface area contributed by atoms with E-state index in [1.807, 2.05) is 25.3 Å². The van der Waals surface area contributed by atoms with Crippen molar-refractivity contribution in [2.45, 2.75) is 38.5 Å². The molecule has 0 spiro atoms. The Morgan fingerprint density at radius 3 is 2.45 bits per heavy atom. The number of aromatic nitrogens is 3. The highest BCUT2D eigenvalue weighted by Gasteiger charge is 2.26. The molecule has 10 heteroatoms. The second-order valence-corrected chi connectivity index (χ2v) is 8.95. The van der Waals surface area contributed by atoms with Crippen molar-refractivity contribution in [1.82, 2.24) is 20.1 Å². The maximum absolute atomic E-state index is 13.0. The maximum Gasteiger partial charge on any atom is 0.253 e. The van der Waals surface area contributed by atoms with E-state index in [9.17, 15) is 14.0 Å². The van der Waals surface area contributed by atoms with Crippen LogP contribution < -0.4 is 10.6 Å². The number of hydrogen-bond acceptors (Lipinski definition) is 5. The van der Waals surface area contributed by atoms with Crippen LogP contribution in [0.3, 0.4) is 0 Å². The highest BCUT2D eigenvalue weighted by atomic mass is 35.5. The van der Waals surface area contributed by atoms with Crippen LogP contribution in [0, 0.1) is 11.7 Å². The normalized spacial score (nSPS) is 11.9. The lowest BCUT2D eigenvalue weighted by Gasteiger charge is -2.22. The Morgan fingerprint density at radius 1 is 1.12 bits per heavy atom. The zero-order valence-corrected chi connectivity index (χ0v) is 20.1. The molecule has 0 fully saturated rings. The summed E-state index contributed by atoms with van der Waals surface area (Å²) < 4.78 is 14.9. The Kier molecular flexibility index (Phi) is 8.46. The molecule has 0 radical (unpaired) electrons. The van der Waals surface area contributed by atoms with Gasteiger partial charge in [0.25, 0.3) is 5.91 Å². The predicted octanol–water partition coefficient (Wildman–Crippen LogP) is 4.95. The van der Waals surface area contributed by atoms with Gasteiger partial charge < -0.3 is 15.2 Å². The molecular weight excluding hydrogens is 465 g/mol. The van der Waals surface area contributed by atoms with E-state index in [-0.39, 0.29) is 29.3 Å². The zero-order chi connectivity index (χ0) is 24.0. The Labute approximate surface area is 201 Å². The van der Waals surface area contributed by atoms with Crippen LogP contribution in [0.4, 0.5) is 10.1 Å². The van der Waals surface area contributed by atoms with E-state index < -0.39 is 6.04 Å². The molecule has 0 aliphatic rings. The first kappa shape index (κ1) is 24.7. The molecule has 33 heavy (non-hydrogen) atoms. The average molecular weight is 490 g/mol. The third kappa shape index (κ3) is 6.33. The van der Waals surface area contributed by atoms with Crippen LogP contribution >= 0.6 is 23.4 Å². The summed E-state index contributed by atoms with van der Waals surface area (Å²) in [5.41, 5.74) is 0.904. The minimum Gasteiger partial charge on any atom is -0.342 e. The van der Waals surface area contributed by atoms with Crippen LogP contribution in [0.2, 0.25) is 5.02 Å². The van der Waals surface area contributed by atoms with E-state index in [4.69, 9.17) is 11.6 Å². The van der Waals surface area contributed by atoms with Gasteiger partial charge in [0.1, 0.15) is 5.82 Å². The van der Waals surface area contributed by atoms with Crippen molar-refractivity contribution in [3.63, 3.8) is 0 Å². The van der Waals surface area contributed by atoms with Gasteiger partial charge in [-0.1, -0.05) is 49.3 Å². The number of benzene rings is 2. The SMILES string of the molecule is CCn1c(SCC(=O)Nc2ccc(F)cc2)nnc1[C@H](NC(=O)c1ccccc1Cl)C(C)C. The van der Waals surface area contributed by atoms with Gasteiger partial charge in [0.2, 0.25) is 5.91 Å². The minimum atomic E-state index is -0.399. The van der Waals surface area contributed by atoms with Gasteiger partial charge in [-0.3, -0.25) is 9.59 Å².